The van der Waals surface area contributed by atoms with Gasteiger partial charge in [0.15, 0.2) is 5.76 Å². The van der Waals surface area contributed by atoms with Crippen molar-refractivity contribution in [1.82, 2.24) is 15.1 Å². The van der Waals surface area contributed by atoms with Crippen LogP contribution in [-0.4, -0.2) is 34.1 Å². The van der Waals surface area contributed by atoms with Gasteiger partial charge >= 0.3 is 0 Å². The molecule has 4 rings (SSSR count). The number of hydrogen-bond donors (Lipinski definition) is 0. The molecule has 0 aliphatic carbocycles. The highest BCUT2D eigenvalue weighted by molar-refractivity contribution is 7.11. The molecule has 0 N–H and O–H groups in total. The van der Waals surface area contributed by atoms with Crippen LogP contribution in [0.25, 0.3) is 0 Å². The standard InChI is InChI=1S/C19H19N3O2S/c23-19(16-9-5-11-24-16)22-10-4-8-15(13-22)18-21-20-17(25-18)12-14-6-2-1-3-7-14/h1-3,5-7,9,11,15H,4,8,10,12-13H2/t15-/m0/s1. The van der Waals surface area contributed by atoms with Crippen molar-refractivity contribution in [2.24, 2.45) is 0 Å². The molecule has 1 saturated heterocycles. The lowest BCUT2D eigenvalue weighted by Gasteiger charge is -2.30. The second kappa shape index (κ2) is 7.19. The van der Waals surface area contributed by atoms with Gasteiger partial charge in [-0.3, -0.25) is 4.79 Å². The summed E-state index contributed by atoms with van der Waals surface area (Å²) in [7, 11) is 0. The van der Waals surface area contributed by atoms with Crippen molar-refractivity contribution < 1.29 is 9.21 Å². The number of benzene rings is 1. The third-order valence-corrected chi connectivity index (χ3v) is 5.56. The average Bonchev–Trinajstić information content (AvgIpc) is 3.34. The van der Waals surface area contributed by atoms with Crippen LogP contribution in [0.15, 0.2) is 53.1 Å². The fourth-order valence-electron chi connectivity index (χ4n) is 3.19. The first-order chi connectivity index (χ1) is 12.3. The maximum atomic E-state index is 12.5. The lowest BCUT2D eigenvalue weighted by atomic mass is 9.98. The molecule has 5 nitrogen and oxygen atoms in total. The van der Waals surface area contributed by atoms with E-state index in [1.807, 2.05) is 23.1 Å². The van der Waals surface area contributed by atoms with Gasteiger partial charge in [-0.2, -0.15) is 0 Å². The van der Waals surface area contributed by atoms with Crippen LogP contribution in [0.3, 0.4) is 0 Å². The summed E-state index contributed by atoms with van der Waals surface area (Å²) >= 11 is 1.66. The molecular formula is C19H19N3O2S. The van der Waals surface area contributed by atoms with E-state index in [0.29, 0.717) is 12.3 Å². The van der Waals surface area contributed by atoms with Crippen molar-refractivity contribution in [3.05, 3.63) is 70.1 Å². The molecule has 128 valence electrons. The first-order valence-electron chi connectivity index (χ1n) is 8.48. The molecular weight excluding hydrogens is 334 g/mol. The van der Waals surface area contributed by atoms with Crippen molar-refractivity contribution in [2.75, 3.05) is 13.1 Å². The second-order valence-electron chi connectivity index (χ2n) is 6.26. The molecule has 3 heterocycles. The highest BCUT2D eigenvalue weighted by atomic mass is 32.1. The number of furan rings is 1. The van der Waals surface area contributed by atoms with Gasteiger partial charge in [0.2, 0.25) is 0 Å². The maximum Gasteiger partial charge on any atom is 0.289 e. The van der Waals surface area contributed by atoms with Gasteiger partial charge in [-0.1, -0.05) is 30.3 Å². The molecule has 1 atom stereocenters. The molecule has 6 heteroatoms. The molecule has 1 aliphatic rings. The predicted octanol–water partition coefficient (Wildman–Crippen LogP) is 3.74. The minimum atomic E-state index is -0.0382. The average molecular weight is 353 g/mol. The first kappa shape index (κ1) is 16.0. The molecule has 2 aromatic heterocycles. The summed E-state index contributed by atoms with van der Waals surface area (Å²) in [6.45, 7) is 1.45. The molecule has 0 spiro atoms. The van der Waals surface area contributed by atoms with Crippen LogP contribution in [0.2, 0.25) is 0 Å². The molecule has 25 heavy (non-hydrogen) atoms. The van der Waals surface area contributed by atoms with Gasteiger partial charge in [-0.15, -0.1) is 21.5 Å². The molecule has 0 saturated carbocycles. The van der Waals surface area contributed by atoms with Crippen LogP contribution >= 0.6 is 11.3 Å². The minimum Gasteiger partial charge on any atom is -0.459 e. The zero-order valence-corrected chi connectivity index (χ0v) is 14.6. The fourth-order valence-corrected chi connectivity index (χ4v) is 4.20. The molecule has 1 aromatic carbocycles. The van der Waals surface area contributed by atoms with E-state index in [1.54, 1.807) is 23.5 Å². The molecule has 0 bridgehead atoms. The zero-order chi connectivity index (χ0) is 17.1. The van der Waals surface area contributed by atoms with Gasteiger partial charge in [0, 0.05) is 25.4 Å². The summed E-state index contributed by atoms with van der Waals surface area (Å²) in [5.74, 6) is 0.626. The van der Waals surface area contributed by atoms with Crippen LogP contribution in [-0.2, 0) is 6.42 Å². The highest BCUT2D eigenvalue weighted by Crippen LogP contribution is 2.30. The minimum absolute atomic E-state index is 0.0382. The van der Waals surface area contributed by atoms with Gasteiger partial charge in [-0.25, -0.2) is 0 Å². The van der Waals surface area contributed by atoms with E-state index in [-0.39, 0.29) is 11.8 Å². The van der Waals surface area contributed by atoms with Crippen molar-refractivity contribution >= 4 is 17.2 Å². The van der Waals surface area contributed by atoms with Gasteiger partial charge in [-0.05, 0) is 30.5 Å². The summed E-state index contributed by atoms with van der Waals surface area (Å²) in [5, 5.41) is 10.8. The lowest BCUT2D eigenvalue weighted by molar-refractivity contribution is 0.0674. The number of rotatable bonds is 4. The van der Waals surface area contributed by atoms with E-state index in [9.17, 15) is 4.79 Å². The Morgan fingerprint density at radius 1 is 1.20 bits per heavy atom. The van der Waals surface area contributed by atoms with Crippen molar-refractivity contribution in [3.8, 4) is 0 Å². The van der Waals surface area contributed by atoms with Gasteiger partial charge in [0.05, 0.1) is 6.26 Å². The Hall–Kier alpha value is -2.47. The lowest BCUT2D eigenvalue weighted by Crippen LogP contribution is -2.38. The van der Waals surface area contributed by atoms with E-state index >= 15 is 0 Å². The van der Waals surface area contributed by atoms with Crippen molar-refractivity contribution in [3.63, 3.8) is 0 Å². The second-order valence-corrected chi connectivity index (χ2v) is 7.36. The number of carbonyl (C=O) groups is 1. The monoisotopic (exact) mass is 353 g/mol. The van der Waals surface area contributed by atoms with Crippen LogP contribution in [0.4, 0.5) is 0 Å². The Kier molecular flexibility index (Phi) is 4.61. The Morgan fingerprint density at radius 3 is 2.88 bits per heavy atom. The van der Waals surface area contributed by atoms with Gasteiger partial charge in [0.25, 0.3) is 5.91 Å². The number of aromatic nitrogens is 2. The number of hydrogen-bond acceptors (Lipinski definition) is 5. The normalized spacial score (nSPS) is 17.6. The summed E-state index contributed by atoms with van der Waals surface area (Å²) in [5.41, 5.74) is 1.24. The quantitative estimate of drug-likeness (QED) is 0.717. The summed E-state index contributed by atoms with van der Waals surface area (Å²) < 4.78 is 5.24. The number of piperidine rings is 1. The summed E-state index contributed by atoms with van der Waals surface area (Å²) in [6, 6.07) is 13.8. The van der Waals surface area contributed by atoms with Crippen LogP contribution in [0, 0.1) is 0 Å². The van der Waals surface area contributed by atoms with Crippen molar-refractivity contribution in [1.29, 1.82) is 0 Å². The van der Waals surface area contributed by atoms with E-state index in [1.165, 1.54) is 11.8 Å². The number of carbonyl (C=O) groups excluding carboxylic acids is 1. The van der Waals surface area contributed by atoms with Crippen LogP contribution < -0.4 is 0 Å². The van der Waals surface area contributed by atoms with Gasteiger partial charge < -0.3 is 9.32 Å². The molecule has 1 fully saturated rings. The van der Waals surface area contributed by atoms with Crippen LogP contribution in [0.1, 0.15) is 44.9 Å². The molecule has 1 aliphatic heterocycles. The number of amides is 1. The molecule has 0 radical (unpaired) electrons. The maximum absolute atomic E-state index is 12.5. The largest absolute Gasteiger partial charge is 0.459 e. The highest BCUT2D eigenvalue weighted by Gasteiger charge is 2.28. The third-order valence-electron chi connectivity index (χ3n) is 4.47. The number of likely N-dealkylation sites (tertiary alicyclic amines) is 1. The third kappa shape index (κ3) is 3.64. The van der Waals surface area contributed by atoms with Crippen molar-refractivity contribution in [2.45, 2.75) is 25.2 Å². The predicted molar refractivity (Wildman–Crippen MR) is 95.7 cm³/mol. The first-order valence-corrected chi connectivity index (χ1v) is 9.30. The zero-order valence-electron chi connectivity index (χ0n) is 13.8. The molecule has 3 aromatic rings. The van der Waals surface area contributed by atoms with E-state index in [0.717, 1.165) is 35.8 Å². The smallest absolute Gasteiger partial charge is 0.289 e. The Bertz CT molecular complexity index is 829. The Balaban J connectivity index is 1.44. The SMILES string of the molecule is O=C(c1ccco1)N1CCC[C@H](c2nnc(Cc3ccccc3)s2)C1. The Morgan fingerprint density at radius 2 is 2.08 bits per heavy atom. The van der Waals surface area contributed by atoms with E-state index < -0.39 is 0 Å². The summed E-state index contributed by atoms with van der Waals surface area (Å²) in [6.07, 6.45) is 4.36. The topological polar surface area (TPSA) is 59.2 Å². The van der Waals surface area contributed by atoms with Crippen LogP contribution in [0.5, 0.6) is 0 Å². The molecule has 0 unspecified atom stereocenters. The number of nitrogens with zero attached hydrogens (tertiary/aromatic N) is 3. The van der Waals surface area contributed by atoms with Gasteiger partial charge in [0.1, 0.15) is 10.0 Å². The molecule has 1 amide bonds. The Labute approximate surface area is 150 Å². The van der Waals surface area contributed by atoms with E-state index in [2.05, 4.69) is 22.3 Å². The van der Waals surface area contributed by atoms with E-state index in [4.69, 9.17) is 4.42 Å². The summed E-state index contributed by atoms with van der Waals surface area (Å²) in [4.78, 5) is 14.3. The fraction of sp³-hybridized carbons (Fsp3) is 0.316.